The van der Waals surface area contributed by atoms with Crippen LogP contribution in [0.5, 0.6) is 0 Å². The molecular formula is C13H24N2. The number of hydrogen-bond acceptors (Lipinski definition) is 2. The zero-order valence-electron chi connectivity index (χ0n) is 10.1. The van der Waals surface area contributed by atoms with Gasteiger partial charge in [0.05, 0.1) is 6.54 Å². The lowest BCUT2D eigenvalue weighted by Crippen LogP contribution is -2.43. The summed E-state index contributed by atoms with van der Waals surface area (Å²) in [6, 6.07) is 0.601. The molecule has 0 aromatic rings. The van der Waals surface area contributed by atoms with Crippen LogP contribution in [0, 0.1) is 18.3 Å². The van der Waals surface area contributed by atoms with Gasteiger partial charge >= 0.3 is 0 Å². The van der Waals surface area contributed by atoms with E-state index < -0.39 is 0 Å². The second-order valence-electron chi connectivity index (χ2n) is 4.57. The molecule has 15 heavy (non-hydrogen) atoms. The van der Waals surface area contributed by atoms with Gasteiger partial charge < -0.3 is 5.32 Å². The first-order valence-corrected chi connectivity index (χ1v) is 6.16. The van der Waals surface area contributed by atoms with Crippen molar-refractivity contribution in [3.63, 3.8) is 0 Å². The molecule has 1 fully saturated rings. The fraction of sp³-hybridized carbons (Fsp3) is 0.846. The van der Waals surface area contributed by atoms with E-state index in [-0.39, 0.29) is 0 Å². The van der Waals surface area contributed by atoms with Crippen LogP contribution in [0.4, 0.5) is 0 Å². The summed E-state index contributed by atoms with van der Waals surface area (Å²) in [6.45, 7) is 8.64. The molecule has 1 N–H and O–H groups in total. The van der Waals surface area contributed by atoms with Crippen molar-refractivity contribution in [1.82, 2.24) is 10.2 Å². The number of likely N-dealkylation sites (N-methyl/N-ethyl adjacent to an activating group) is 1. The van der Waals surface area contributed by atoms with Crippen molar-refractivity contribution in [2.24, 2.45) is 5.92 Å². The first-order valence-electron chi connectivity index (χ1n) is 6.16. The predicted octanol–water partition coefficient (Wildman–Crippen LogP) is 1.72. The van der Waals surface area contributed by atoms with Gasteiger partial charge in [0, 0.05) is 19.1 Å². The molecule has 1 atom stereocenters. The fourth-order valence-corrected chi connectivity index (χ4v) is 2.11. The third-order valence-corrected chi connectivity index (χ3v) is 3.41. The predicted molar refractivity (Wildman–Crippen MR) is 65.8 cm³/mol. The molecule has 2 nitrogen and oxygen atoms in total. The van der Waals surface area contributed by atoms with E-state index in [2.05, 4.69) is 30.0 Å². The minimum absolute atomic E-state index is 0.601. The Labute approximate surface area is 94.4 Å². The Morgan fingerprint density at radius 3 is 2.73 bits per heavy atom. The summed E-state index contributed by atoms with van der Waals surface area (Å²) in [5, 5.41) is 3.28. The third-order valence-electron chi connectivity index (χ3n) is 3.41. The average Bonchev–Trinajstić information content (AvgIpc) is 2.16. The number of terminal acetylenes is 1. The number of nitrogens with zero attached hydrogens (tertiary/aromatic N) is 1. The summed E-state index contributed by atoms with van der Waals surface area (Å²) < 4.78 is 0. The SMILES string of the molecule is C#CCNCC(C)N(CC)CC1CCC1. The van der Waals surface area contributed by atoms with Crippen LogP contribution >= 0.6 is 0 Å². The van der Waals surface area contributed by atoms with Crippen molar-refractivity contribution in [1.29, 1.82) is 0 Å². The van der Waals surface area contributed by atoms with Crippen LogP contribution in [0.3, 0.4) is 0 Å². The van der Waals surface area contributed by atoms with Crippen molar-refractivity contribution < 1.29 is 0 Å². The first-order chi connectivity index (χ1) is 7.27. The van der Waals surface area contributed by atoms with Crippen LogP contribution < -0.4 is 5.32 Å². The van der Waals surface area contributed by atoms with Crippen molar-refractivity contribution in [2.45, 2.75) is 39.2 Å². The Morgan fingerprint density at radius 1 is 1.53 bits per heavy atom. The molecule has 1 saturated carbocycles. The monoisotopic (exact) mass is 208 g/mol. The smallest absolute Gasteiger partial charge is 0.0574 e. The summed E-state index contributed by atoms with van der Waals surface area (Å²) in [4.78, 5) is 2.56. The third kappa shape index (κ3) is 4.24. The molecular weight excluding hydrogens is 184 g/mol. The Bertz CT molecular complexity index is 203. The maximum absolute atomic E-state index is 5.21. The summed E-state index contributed by atoms with van der Waals surface area (Å²) in [7, 11) is 0. The summed E-state index contributed by atoms with van der Waals surface area (Å²) in [5.74, 6) is 3.57. The highest BCUT2D eigenvalue weighted by molar-refractivity contribution is 4.87. The molecule has 2 heteroatoms. The number of nitrogens with one attached hydrogen (secondary N) is 1. The Hall–Kier alpha value is -0.520. The van der Waals surface area contributed by atoms with Crippen molar-refractivity contribution >= 4 is 0 Å². The lowest BCUT2D eigenvalue weighted by atomic mass is 9.85. The van der Waals surface area contributed by atoms with Crippen LogP contribution in [-0.4, -0.2) is 37.1 Å². The molecule has 0 heterocycles. The van der Waals surface area contributed by atoms with E-state index in [0.717, 1.165) is 19.0 Å². The zero-order valence-corrected chi connectivity index (χ0v) is 10.1. The standard InChI is InChI=1S/C13H24N2/c1-4-9-14-10-12(3)15(5-2)11-13-7-6-8-13/h1,12-14H,5-11H2,2-3H3. The molecule has 1 aliphatic carbocycles. The maximum Gasteiger partial charge on any atom is 0.0574 e. The van der Waals surface area contributed by atoms with Crippen molar-refractivity contribution in [2.75, 3.05) is 26.2 Å². The van der Waals surface area contributed by atoms with Gasteiger partial charge in [-0.05, 0) is 32.2 Å². The molecule has 1 rings (SSSR count). The second kappa shape index (κ2) is 6.87. The molecule has 0 aliphatic heterocycles. The van der Waals surface area contributed by atoms with Crippen LogP contribution in [-0.2, 0) is 0 Å². The largest absolute Gasteiger partial charge is 0.305 e. The van der Waals surface area contributed by atoms with Gasteiger partial charge in [0.25, 0.3) is 0 Å². The van der Waals surface area contributed by atoms with E-state index >= 15 is 0 Å². The van der Waals surface area contributed by atoms with Crippen LogP contribution in [0.1, 0.15) is 33.1 Å². The van der Waals surface area contributed by atoms with Gasteiger partial charge in [0.1, 0.15) is 0 Å². The van der Waals surface area contributed by atoms with Crippen LogP contribution in [0.25, 0.3) is 0 Å². The average molecular weight is 208 g/mol. The second-order valence-corrected chi connectivity index (χ2v) is 4.57. The Balaban J connectivity index is 2.19. The molecule has 86 valence electrons. The molecule has 0 amide bonds. The molecule has 0 radical (unpaired) electrons. The van der Waals surface area contributed by atoms with Gasteiger partial charge in [0.2, 0.25) is 0 Å². The minimum Gasteiger partial charge on any atom is -0.305 e. The fourth-order valence-electron chi connectivity index (χ4n) is 2.11. The highest BCUT2D eigenvalue weighted by Crippen LogP contribution is 2.27. The lowest BCUT2D eigenvalue weighted by molar-refractivity contribution is 0.145. The van der Waals surface area contributed by atoms with Gasteiger partial charge in [-0.15, -0.1) is 6.42 Å². The van der Waals surface area contributed by atoms with E-state index in [1.165, 1.54) is 25.8 Å². The summed E-state index contributed by atoms with van der Waals surface area (Å²) >= 11 is 0. The first kappa shape index (κ1) is 12.5. The normalized spacial score (nSPS) is 18.5. The molecule has 0 aromatic carbocycles. The maximum atomic E-state index is 5.21. The summed E-state index contributed by atoms with van der Waals surface area (Å²) in [6.07, 6.45) is 9.51. The van der Waals surface area contributed by atoms with Gasteiger partial charge in [-0.2, -0.15) is 0 Å². The quantitative estimate of drug-likeness (QED) is 0.506. The molecule has 0 bridgehead atoms. The minimum atomic E-state index is 0.601. The van der Waals surface area contributed by atoms with E-state index in [1.807, 2.05) is 0 Å². The number of rotatable bonds is 7. The molecule has 0 saturated heterocycles. The number of hydrogen-bond donors (Lipinski definition) is 1. The van der Waals surface area contributed by atoms with Gasteiger partial charge in [-0.3, -0.25) is 4.90 Å². The molecule has 1 aliphatic rings. The van der Waals surface area contributed by atoms with Gasteiger partial charge in [-0.25, -0.2) is 0 Å². The highest BCUT2D eigenvalue weighted by Gasteiger charge is 2.22. The van der Waals surface area contributed by atoms with Crippen molar-refractivity contribution in [3.8, 4) is 12.3 Å². The van der Waals surface area contributed by atoms with Crippen molar-refractivity contribution in [3.05, 3.63) is 0 Å². The summed E-state index contributed by atoms with van der Waals surface area (Å²) in [5.41, 5.74) is 0. The van der Waals surface area contributed by atoms with E-state index in [1.54, 1.807) is 0 Å². The van der Waals surface area contributed by atoms with E-state index in [0.29, 0.717) is 12.6 Å². The lowest BCUT2D eigenvalue weighted by Gasteiger charge is -2.35. The molecule has 1 unspecified atom stereocenters. The van der Waals surface area contributed by atoms with Crippen LogP contribution in [0.2, 0.25) is 0 Å². The van der Waals surface area contributed by atoms with Crippen LogP contribution in [0.15, 0.2) is 0 Å². The Kier molecular flexibility index (Phi) is 5.75. The van der Waals surface area contributed by atoms with Gasteiger partial charge in [0.15, 0.2) is 0 Å². The highest BCUT2D eigenvalue weighted by atomic mass is 15.2. The van der Waals surface area contributed by atoms with Gasteiger partial charge in [-0.1, -0.05) is 19.3 Å². The molecule has 0 spiro atoms. The molecule has 0 aromatic heterocycles. The Morgan fingerprint density at radius 2 is 2.27 bits per heavy atom. The zero-order chi connectivity index (χ0) is 11.1. The topological polar surface area (TPSA) is 15.3 Å². The van der Waals surface area contributed by atoms with E-state index in [4.69, 9.17) is 6.42 Å². The van der Waals surface area contributed by atoms with E-state index in [9.17, 15) is 0 Å².